The van der Waals surface area contributed by atoms with E-state index in [0.717, 1.165) is 0 Å². The second kappa shape index (κ2) is 4.88. The SMILES string of the molecule is Cc1nnc(NC(=O)c2ncccc2C(=O)O)s1. The second-order valence-electron chi connectivity index (χ2n) is 3.29. The van der Waals surface area contributed by atoms with Crippen LogP contribution < -0.4 is 5.32 Å². The van der Waals surface area contributed by atoms with Gasteiger partial charge in [0, 0.05) is 6.20 Å². The van der Waals surface area contributed by atoms with Crippen LogP contribution in [0.25, 0.3) is 0 Å². The molecule has 2 rings (SSSR count). The minimum absolute atomic E-state index is 0.155. The normalized spacial score (nSPS) is 10.1. The lowest BCUT2D eigenvalue weighted by atomic mass is 10.2. The first-order valence-corrected chi connectivity index (χ1v) is 5.69. The van der Waals surface area contributed by atoms with E-state index in [-0.39, 0.29) is 11.3 Å². The summed E-state index contributed by atoms with van der Waals surface area (Å²) >= 11 is 1.20. The van der Waals surface area contributed by atoms with Crippen LogP contribution in [0.1, 0.15) is 25.9 Å². The molecule has 8 heteroatoms. The van der Waals surface area contributed by atoms with Crippen molar-refractivity contribution in [2.45, 2.75) is 6.92 Å². The lowest BCUT2D eigenvalue weighted by Gasteiger charge is -2.03. The molecule has 2 aromatic heterocycles. The third kappa shape index (κ3) is 2.48. The number of nitrogens with one attached hydrogen (secondary N) is 1. The summed E-state index contributed by atoms with van der Waals surface area (Å²) < 4.78 is 0. The molecule has 18 heavy (non-hydrogen) atoms. The molecule has 0 aliphatic carbocycles. The number of aromatic nitrogens is 3. The first kappa shape index (κ1) is 12.1. The second-order valence-corrected chi connectivity index (χ2v) is 4.47. The van der Waals surface area contributed by atoms with Gasteiger partial charge in [0.25, 0.3) is 5.91 Å². The fourth-order valence-electron chi connectivity index (χ4n) is 1.26. The molecular formula is C10H8N4O3S. The van der Waals surface area contributed by atoms with Crippen molar-refractivity contribution in [3.8, 4) is 0 Å². The number of hydrogen-bond acceptors (Lipinski definition) is 6. The Morgan fingerprint density at radius 2 is 2.17 bits per heavy atom. The molecule has 0 aliphatic heterocycles. The van der Waals surface area contributed by atoms with Crippen molar-refractivity contribution >= 4 is 28.3 Å². The number of amides is 1. The molecular weight excluding hydrogens is 256 g/mol. The maximum absolute atomic E-state index is 11.9. The lowest BCUT2D eigenvalue weighted by Crippen LogP contribution is -2.18. The fraction of sp³-hybridized carbons (Fsp3) is 0.100. The number of carbonyl (C=O) groups excluding carboxylic acids is 1. The van der Waals surface area contributed by atoms with Gasteiger partial charge in [-0.2, -0.15) is 0 Å². The fourth-order valence-corrected chi connectivity index (χ4v) is 1.85. The first-order valence-electron chi connectivity index (χ1n) is 4.87. The molecule has 1 amide bonds. The minimum atomic E-state index is -1.21. The summed E-state index contributed by atoms with van der Waals surface area (Å²) in [7, 11) is 0. The van der Waals surface area contributed by atoms with Crippen molar-refractivity contribution in [3.05, 3.63) is 34.6 Å². The topological polar surface area (TPSA) is 105 Å². The van der Waals surface area contributed by atoms with E-state index in [0.29, 0.717) is 10.1 Å². The summed E-state index contributed by atoms with van der Waals surface area (Å²) in [5.41, 5.74) is -0.311. The van der Waals surface area contributed by atoms with Gasteiger partial charge in [0.2, 0.25) is 5.13 Å². The number of aromatic carboxylic acids is 1. The monoisotopic (exact) mass is 264 g/mol. The third-order valence-corrected chi connectivity index (χ3v) is 2.75. The van der Waals surface area contributed by atoms with Crippen molar-refractivity contribution in [1.82, 2.24) is 15.2 Å². The maximum Gasteiger partial charge on any atom is 0.338 e. The van der Waals surface area contributed by atoms with Gasteiger partial charge in [-0.15, -0.1) is 10.2 Å². The van der Waals surface area contributed by atoms with Gasteiger partial charge in [0.15, 0.2) is 0 Å². The van der Waals surface area contributed by atoms with Crippen LogP contribution in [-0.2, 0) is 0 Å². The van der Waals surface area contributed by atoms with Crippen molar-refractivity contribution in [3.63, 3.8) is 0 Å². The van der Waals surface area contributed by atoms with Gasteiger partial charge in [0.05, 0.1) is 5.56 Å². The molecule has 0 atom stereocenters. The van der Waals surface area contributed by atoms with E-state index in [4.69, 9.17) is 5.11 Å². The molecule has 0 aromatic carbocycles. The number of pyridine rings is 1. The minimum Gasteiger partial charge on any atom is -0.478 e. The first-order chi connectivity index (χ1) is 8.58. The number of hydrogen-bond donors (Lipinski definition) is 2. The zero-order valence-corrected chi connectivity index (χ0v) is 10.1. The predicted octanol–water partition coefficient (Wildman–Crippen LogP) is 1.19. The van der Waals surface area contributed by atoms with Gasteiger partial charge in [-0.25, -0.2) is 4.79 Å². The smallest absolute Gasteiger partial charge is 0.338 e. The van der Waals surface area contributed by atoms with Crippen LogP contribution in [0.2, 0.25) is 0 Å². The van der Waals surface area contributed by atoms with Crippen LogP contribution >= 0.6 is 11.3 Å². The van der Waals surface area contributed by atoms with Crippen LogP contribution in [0.5, 0.6) is 0 Å². The van der Waals surface area contributed by atoms with Crippen molar-refractivity contribution in [1.29, 1.82) is 0 Å². The Labute approximate surface area is 106 Å². The Kier molecular flexibility index (Phi) is 3.28. The Bertz CT molecular complexity index is 611. The molecule has 0 saturated heterocycles. The molecule has 2 N–H and O–H groups in total. The number of aryl methyl sites for hydroxylation is 1. The predicted molar refractivity (Wildman–Crippen MR) is 63.8 cm³/mol. The van der Waals surface area contributed by atoms with Crippen molar-refractivity contribution < 1.29 is 14.7 Å². The zero-order valence-electron chi connectivity index (χ0n) is 9.25. The van der Waals surface area contributed by atoms with E-state index in [1.807, 2.05) is 0 Å². The Hall–Kier alpha value is -2.35. The summed E-state index contributed by atoms with van der Waals surface area (Å²) in [6.07, 6.45) is 1.35. The largest absolute Gasteiger partial charge is 0.478 e. The highest BCUT2D eigenvalue weighted by Gasteiger charge is 2.18. The molecule has 2 aromatic rings. The molecule has 0 aliphatic rings. The molecule has 0 spiro atoms. The molecule has 7 nitrogen and oxygen atoms in total. The Balaban J connectivity index is 2.26. The summed E-state index contributed by atoms with van der Waals surface area (Å²) in [6, 6.07) is 2.77. The average Bonchev–Trinajstić information content (AvgIpc) is 2.74. The number of rotatable bonds is 3. The van der Waals surface area contributed by atoms with Gasteiger partial charge < -0.3 is 5.11 Å². The quantitative estimate of drug-likeness (QED) is 0.862. The molecule has 0 saturated carbocycles. The standard InChI is InChI=1S/C10H8N4O3S/c1-5-13-14-10(18-5)12-8(15)7-6(9(16)17)3-2-4-11-7/h2-4H,1H3,(H,16,17)(H,12,14,15). The Morgan fingerprint density at radius 3 is 2.78 bits per heavy atom. The zero-order chi connectivity index (χ0) is 13.1. The van der Waals surface area contributed by atoms with Crippen molar-refractivity contribution in [2.24, 2.45) is 0 Å². The van der Waals surface area contributed by atoms with Crippen LogP contribution in [0, 0.1) is 6.92 Å². The van der Waals surface area contributed by atoms with E-state index in [9.17, 15) is 9.59 Å². The number of carbonyl (C=O) groups is 2. The van der Waals surface area contributed by atoms with E-state index in [1.54, 1.807) is 6.92 Å². The van der Waals surface area contributed by atoms with Crippen molar-refractivity contribution in [2.75, 3.05) is 5.32 Å². The highest BCUT2D eigenvalue weighted by Crippen LogP contribution is 2.15. The molecule has 2 heterocycles. The average molecular weight is 264 g/mol. The van der Waals surface area contributed by atoms with Gasteiger partial charge in [-0.3, -0.25) is 15.1 Å². The lowest BCUT2D eigenvalue weighted by molar-refractivity contribution is 0.0691. The summed E-state index contributed by atoms with van der Waals surface area (Å²) in [5.74, 6) is -1.83. The Morgan fingerprint density at radius 1 is 1.39 bits per heavy atom. The van der Waals surface area contributed by atoms with E-state index >= 15 is 0 Å². The number of carboxylic acid groups (broad SMARTS) is 1. The van der Waals surface area contributed by atoms with Gasteiger partial charge >= 0.3 is 5.97 Å². The van der Waals surface area contributed by atoms with Crippen LogP contribution in [0.3, 0.4) is 0 Å². The number of anilines is 1. The third-order valence-electron chi connectivity index (χ3n) is 2.00. The van der Waals surface area contributed by atoms with Gasteiger partial charge in [-0.1, -0.05) is 11.3 Å². The number of carboxylic acids is 1. The number of nitrogens with zero attached hydrogens (tertiary/aromatic N) is 3. The van der Waals surface area contributed by atoms with E-state index in [2.05, 4.69) is 20.5 Å². The maximum atomic E-state index is 11.9. The highest BCUT2D eigenvalue weighted by molar-refractivity contribution is 7.15. The van der Waals surface area contributed by atoms with Crippen LogP contribution in [0.4, 0.5) is 5.13 Å². The van der Waals surface area contributed by atoms with Gasteiger partial charge in [-0.05, 0) is 19.1 Å². The highest BCUT2D eigenvalue weighted by atomic mass is 32.1. The van der Waals surface area contributed by atoms with Crippen LogP contribution in [-0.4, -0.2) is 32.2 Å². The molecule has 0 radical (unpaired) electrons. The summed E-state index contributed by atoms with van der Waals surface area (Å²) in [6.45, 7) is 1.75. The molecule has 0 fully saturated rings. The van der Waals surface area contributed by atoms with Crippen LogP contribution in [0.15, 0.2) is 18.3 Å². The molecule has 0 unspecified atom stereocenters. The molecule has 92 valence electrons. The summed E-state index contributed by atoms with van der Waals surface area (Å²) in [5, 5.41) is 19.9. The van der Waals surface area contributed by atoms with Gasteiger partial charge in [0.1, 0.15) is 10.7 Å². The molecule has 0 bridgehead atoms. The summed E-state index contributed by atoms with van der Waals surface area (Å²) in [4.78, 5) is 26.6. The van der Waals surface area contributed by atoms with E-state index < -0.39 is 11.9 Å². The van der Waals surface area contributed by atoms with E-state index in [1.165, 1.54) is 29.7 Å².